The van der Waals surface area contributed by atoms with Gasteiger partial charge in [-0.15, -0.1) is 0 Å². The van der Waals surface area contributed by atoms with E-state index in [4.69, 9.17) is 5.11 Å². The molecular weight excluding hydrogens is 165 g/mol. The molecule has 0 aliphatic carbocycles. The summed E-state index contributed by atoms with van der Waals surface area (Å²) in [5.74, 6) is -2.09. The van der Waals surface area contributed by atoms with Gasteiger partial charge < -0.3 is 20.3 Å². The molecule has 0 unspecified atom stereocenters. The topological polar surface area (TPSA) is 61.7 Å². The second-order valence-electron chi connectivity index (χ2n) is 3.02. The molecule has 1 aliphatic rings. The Morgan fingerprint density at radius 1 is 1.67 bits per heavy atom. The van der Waals surface area contributed by atoms with Crippen molar-refractivity contribution >= 4 is 0 Å². The van der Waals surface area contributed by atoms with Crippen LogP contribution in [0, 0.1) is 0 Å². The molecule has 1 fully saturated rings. The van der Waals surface area contributed by atoms with E-state index in [9.17, 15) is 9.50 Å². The SMILES string of the molecule is CO[C@@]1(F)[C@H](C)N[C@H](CO)[C@H]1O. The molecule has 0 spiro atoms. The highest BCUT2D eigenvalue weighted by Crippen LogP contribution is 2.30. The van der Waals surface area contributed by atoms with Crippen molar-refractivity contribution in [3.63, 3.8) is 0 Å². The smallest absolute Gasteiger partial charge is 0.251 e. The highest BCUT2D eigenvalue weighted by molar-refractivity contribution is 5.02. The Balaban J connectivity index is 2.76. The van der Waals surface area contributed by atoms with Gasteiger partial charge in [0, 0.05) is 7.11 Å². The van der Waals surface area contributed by atoms with Gasteiger partial charge in [0.05, 0.1) is 18.7 Å². The number of hydrogen-bond acceptors (Lipinski definition) is 4. The Morgan fingerprint density at radius 2 is 2.25 bits per heavy atom. The molecule has 0 radical (unpaired) electrons. The summed E-state index contributed by atoms with van der Waals surface area (Å²) in [5.41, 5.74) is 0. The fourth-order valence-corrected chi connectivity index (χ4v) is 1.51. The lowest BCUT2D eigenvalue weighted by Gasteiger charge is -2.25. The Bertz CT molecular complexity index is 169. The highest BCUT2D eigenvalue weighted by Gasteiger charge is 2.54. The van der Waals surface area contributed by atoms with E-state index in [1.54, 1.807) is 6.92 Å². The number of halogens is 1. The van der Waals surface area contributed by atoms with E-state index >= 15 is 0 Å². The molecule has 0 amide bonds. The third-order valence-electron chi connectivity index (χ3n) is 2.35. The van der Waals surface area contributed by atoms with E-state index in [1.165, 1.54) is 7.11 Å². The van der Waals surface area contributed by atoms with Gasteiger partial charge in [0.1, 0.15) is 6.10 Å². The Labute approximate surface area is 70.3 Å². The van der Waals surface area contributed by atoms with Crippen molar-refractivity contribution in [2.24, 2.45) is 0 Å². The Morgan fingerprint density at radius 3 is 2.50 bits per heavy atom. The predicted octanol–water partition coefficient (Wildman–Crippen LogP) is -0.988. The number of methoxy groups -OCH3 is 1. The normalized spacial score (nSPS) is 48.2. The number of rotatable bonds is 2. The largest absolute Gasteiger partial charge is 0.395 e. The van der Waals surface area contributed by atoms with Gasteiger partial charge in [0.25, 0.3) is 5.85 Å². The van der Waals surface area contributed by atoms with Crippen molar-refractivity contribution < 1.29 is 19.3 Å². The van der Waals surface area contributed by atoms with Gasteiger partial charge in [-0.05, 0) is 6.92 Å². The lowest BCUT2D eigenvalue weighted by Crippen LogP contribution is -2.45. The van der Waals surface area contributed by atoms with Crippen LogP contribution in [-0.4, -0.2) is 48.0 Å². The molecule has 4 atom stereocenters. The van der Waals surface area contributed by atoms with Crippen LogP contribution in [0.5, 0.6) is 0 Å². The van der Waals surface area contributed by atoms with Crippen molar-refractivity contribution in [3.05, 3.63) is 0 Å². The van der Waals surface area contributed by atoms with Crippen LogP contribution < -0.4 is 5.32 Å². The molecule has 4 nitrogen and oxygen atoms in total. The van der Waals surface area contributed by atoms with Crippen molar-refractivity contribution in [3.8, 4) is 0 Å². The van der Waals surface area contributed by atoms with Crippen LogP contribution in [-0.2, 0) is 4.74 Å². The van der Waals surface area contributed by atoms with Crippen LogP contribution in [0.25, 0.3) is 0 Å². The summed E-state index contributed by atoms with van der Waals surface area (Å²) in [4.78, 5) is 0. The first kappa shape index (κ1) is 9.85. The van der Waals surface area contributed by atoms with E-state index in [0.717, 1.165) is 0 Å². The highest BCUT2D eigenvalue weighted by atomic mass is 19.2. The second-order valence-corrected chi connectivity index (χ2v) is 3.02. The first-order chi connectivity index (χ1) is 5.56. The molecule has 1 heterocycles. The summed E-state index contributed by atoms with van der Waals surface area (Å²) >= 11 is 0. The molecule has 12 heavy (non-hydrogen) atoms. The van der Waals surface area contributed by atoms with Crippen molar-refractivity contribution in [2.75, 3.05) is 13.7 Å². The summed E-state index contributed by atoms with van der Waals surface area (Å²) < 4.78 is 18.2. The van der Waals surface area contributed by atoms with E-state index < -0.39 is 24.0 Å². The average molecular weight is 179 g/mol. The maximum absolute atomic E-state index is 13.6. The molecule has 0 aromatic carbocycles. The predicted molar refractivity (Wildman–Crippen MR) is 40.3 cm³/mol. The summed E-state index contributed by atoms with van der Waals surface area (Å²) in [7, 11) is 1.20. The molecule has 72 valence electrons. The van der Waals surface area contributed by atoms with E-state index in [0.29, 0.717) is 0 Å². The number of hydrogen-bond donors (Lipinski definition) is 3. The molecule has 1 rings (SSSR count). The first-order valence-electron chi connectivity index (χ1n) is 3.85. The van der Waals surface area contributed by atoms with Crippen LogP contribution in [0.2, 0.25) is 0 Å². The minimum atomic E-state index is -2.09. The molecule has 0 aromatic heterocycles. The summed E-state index contributed by atoms with van der Waals surface area (Å²) in [6.45, 7) is 1.25. The third-order valence-corrected chi connectivity index (χ3v) is 2.35. The van der Waals surface area contributed by atoms with Gasteiger partial charge in [-0.3, -0.25) is 0 Å². The fourth-order valence-electron chi connectivity index (χ4n) is 1.51. The van der Waals surface area contributed by atoms with Crippen LogP contribution in [0.3, 0.4) is 0 Å². The Hall–Kier alpha value is -0.230. The van der Waals surface area contributed by atoms with Crippen LogP contribution in [0.1, 0.15) is 6.92 Å². The number of alkyl halides is 1. The van der Waals surface area contributed by atoms with E-state index in [-0.39, 0.29) is 6.61 Å². The zero-order valence-electron chi connectivity index (χ0n) is 7.12. The zero-order valence-corrected chi connectivity index (χ0v) is 7.12. The Kier molecular flexibility index (Phi) is 2.67. The number of ether oxygens (including phenoxy) is 1. The van der Waals surface area contributed by atoms with Gasteiger partial charge in [-0.1, -0.05) is 0 Å². The van der Waals surface area contributed by atoms with Crippen molar-refractivity contribution in [2.45, 2.75) is 31.0 Å². The first-order valence-corrected chi connectivity index (χ1v) is 3.85. The number of aliphatic hydroxyl groups is 2. The molecule has 5 heteroatoms. The minimum absolute atomic E-state index is 0.305. The van der Waals surface area contributed by atoms with E-state index in [2.05, 4.69) is 10.1 Å². The van der Waals surface area contributed by atoms with Crippen LogP contribution in [0.4, 0.5) is 4.39 Å². The van der Waals surface area contributed by atoms with Crippen LogP contribution >= 0.6 is 0 Å². The van der Waals surface area contributed by atoms with E-state index in [1.807, 2.05) is 0 Å². The van der Waals surface area contributed by atoms with Gasteiger partial charge in [0.2, 0.25) is 0 Å². The molecular formula is C7H14FNO3. The minimum Gasteiger partial charge on any atom is -0.395 e. The molecule has 3 N–H and O–H groups in total. The van der Waals surface area contributed by atoms with Gasteiger partial charge >= 0.3 is 0 Å². The summed E-state index contributed by atoms with van der Waals surface area (Å²) in [6, 6.07) is -1.26. The second kappa shape index (κ2) is 3.26. The van der Waals surface area contributed by atoms with Crippen molar-refractivity contribution in [1.29, 1.82) is 0 Å². The summed E-state index contributed by atoms with van der Waals surface area (Å²) in [5, 5.41) is 20.8. The standard InChI is InChI=1S/C7H14FNO3/c1-4-7(8,12-2)6(11)5(3-10)9-4/h4-6,9-11H,3H2,1-2H3/t4-,5+,6+,7-/m0/s1. The van der Waals surface area contributed by atoms with Gasteiger partial charge in [0.15, 0.2) is 0 Å². The van der Waals surface area contributed by atoms with Crippen LogP contribution in [0.15, 0.2) is 0 Å². The zero-order chi connectivity index (χ0) is 9.35. The lowest BCUT2D eigenvalue weighted by atomic mass is 10.1. The third kappa shape index (κ3) is 1.22. The monoisotopic (exact) mass is 179 g/mol. The number of nitrogens with one attached hydrogen (secondary N) is 1. The average Bonchev–Trinajstić information content (AvgIpc) is 2.30. The molecule has 0 bridgehead atoms. The molecule has 0 aromatic rings. The maximum Gasteiger partial charge on any atom is 0.251 e. The maximum atomic E-state index is 13.6. The van der Waals surface area contributed by atoms with Gasteiger partial charge in [-0.2, -0.15) is 0 Å². The fraction of sp³-hybridized carbons (Fsp3) is 1.00. The number of aliphatic hydroxyl groups excluding tert-OH is 2. The quantitative estimate of drug-likeness (QED) is 0.509. The summed E-state index contributed by atoms with van der Waals surface area (Å²) in [6.07, 6.45) is -1.32. The van der Waals surface area contributed by atoms with Crippen molar-refractivity contribution in [1.82, 2.24) is 5.32 Å². The molecule has 0 saturated carbocycles. The molecule has 1 saturated heterocycles. The molecule has 1 aliphatic heterocycles. The lowest BCUT2D eigenvalue weighted by molar-refractivity contribution is -0.184. The van der Waals surface area contributed by atoms with Gasteiger partial charge in [-0.25, -0.2) is 4.39 Å².